The number of carbonyl (C=O) groups excluding carboxylic acids is 2. The topological polar surface area (TPSA) is 127 Å². The Bertz CT molecular complexity index is 643. The van der Waals surface area contributed by atoms with Gasteiger partial charge in [0.15, 0.2) is 0 Å². The summed E-state index contributed by atoms with van der Waals surface area (Å²) in [4.78, 5) is 22.9. The summed E-state index contributed by atoms with van der Waals surface area (Å²) in [5.41, 5.74) is 0. The third-order valence-corrected chi connectivity index (χ3v) is 5.67. The van der Waals surface area contributed by atoms with Crippen molar-refractivity contribution >= 4 is 12.2 Å². The Kier molecular flexibility index (Phi) is 22.3. The van der Waals surface area contributed by atoms with E-state index in [4.69, 9.17) is 5.11 Å². The number of rotatable bonds is 22. The van der Waals surface area contributed by atoms with E-state index in [1.165, 1.54) is 82.8 Å². The molecule has 0 heterocycles. The summed E-state index contributed by atoms with van der Waals surface area (Å²) in [6.07, 6.45) is 24.9. The van der Waals surface area contributed by atoms with E-state index >= 15 is 0 Å². The number of amides is 1. The van der Waals surface area contributed by atoms with E-state index in [9.17, 15) is 24.9 Å². The third kappa shape index (κ3) is 18.9. The standard InChI is InChI=1S/C28H47NO6/c1-2-3-4-5-6-7-8-9-10-11-12-13-14-15-16-17-18-19-20-21-26(33)29-24(22-30)27(34)28(35)25(32)23-31/h14-22,24-25,27-28,31-32,34-35H,2-13,23H2,1H3,(H,29,33)/t24-,25+,27+,28+/m0/s1. The van der Waals surface area contributed by atoms with Gasteiger partial charge in [-0.05, 0) is 12.8 Å². The van der Waals surface area contributed by atoms with Crippen molar-refractivity contribution in [3.05, 3.63) is 48.6 Å². The second-order valence-corrected chi connectivity index (χ2v) is 8.78. The lowest BCUT2D eigenvalue weighted by Crippen LogP contribution is -2.53. The van der Waals surface area contributed by atoms with E-state index in [1.54, 1.807) is 12.2 Å². The molecule has 5 N–H and O–H groups in total. The van der Waals surface area contributed by atoms with Crippen LogP contribution in [0, 0.1) is 0 Å². The average Bonchev–Trinajstić information content (AvgIpc) is 2.87. The molecule has 0 aromatic carbocycles. The number of aliphatic hydroxyl groups excluding tert-OH is 4. The van der Waals surface area contributed by atoms with Crippen LogP contribution in [0.3, 0.4) is 0 Å². The van der Waals surface area contributed by atoms with Crippen LogP contribution in [0.1, 0.15) is 84.0 Å². The van der Waals surface area contributed by atoms with Crippen molar-refractivity contribution in [2.45, 2.75) is 108 Å². The Balaban J connectivity index is 3.91. The number of allylic oxidation sites excluding steroid dienone is 7. The predicted octanol–water partition coefficient (Wildman–Crippen LogP) is 3.67. The minimum Gasteiger partial charge on any atom is -0.394 e. The van der Waals surface area contributed by atoms with Gasteiger partial charge in [-0.25, -0.2) is 0 Å². The molecule has 0 radical (unpaired) electrons. The lowest BCUT2D eigenvalue weighted by Gasteiger charge is -2.25. The van der Waals surface area contributed by atoms with Crippen molar-refractivity contribution in [1.82, 2.24) is 5.32 Å². The molecule has 0 aliphatic rings. The molecule has 7 heteroatoms. The normalized spacial score (nSPS) is 15.8. The highest BCUT2D eigenvalue weighted by Crippen LogP contribution is 2.12. The molecule has 1 amide bonds. The number of aliphatic hydroxyl groups is 4. The van der Waals surface area contributed by atoms with Crippen LogP contribution in [0.25, 0.3) is 0 Å². The highest BCUT2D eigenvalue weighted by atomic mass is 16.4. The van der Waals surface area contributed by atoms with Gasteiger partial charge >= 0.3 is 0 Å². The summed E-state index contributed by atoms with van der Waals surface area (Å²) in [5.74, 6) is -0.646. The van der Waals surface area contributed by atoms with Crippen LogP contribution >= 0.6 is 0 Å². The lowest BCUT2D eigenvalue weighted by atomic mass is 10.0. The first-order valence-corrected chi connectivity index (χ1v) is 13.0. The van der Waals surface area contributed by atoms with Gasteiger partial charge in [0, 0.05) is 6.08 Å². The van der Waals surface area contributed by atoms with Crippen molar-refractivity contribution in [3.63, 3.8) is 0 Å². The first-order chi connectivity index (χ1) is 17.0. The maximum Gasteiger partial charge on any atom is 0.244 e. The Hall–Kier alpha value is -2.06. The van der Waals surface area contributed by atoms with Gasteiger partial charge in [-0.1, -0.05) is 114 Å². The van der Waals surface area contributed by atoms with Crippen LogP contribution in [-0.4, -0.2) is 63.6 Å². The van der Waals surface area contributed by atoms with Gasteiger partial charge in [0.2, 0.25) is 5.91 Å². The summed E-state index contributed by atoms with van der Waals surface area (Å²) in [6, 6.07) is -1.42. The molecule has 7 nitrogen and oxygen atoms in total. The zero-order valence-corrected chi connectivity index (χ0v) is 21.3. The summed E-state index contributed by atoms with van der Waals surface area (Å²) < 4.78 is 0. The number of hydrogen-bond acceptors (Lipinski definition) is 6. The predicted molar refractivity (Wildman–Crippen MR) is 141 cm³/mol. The second-order valence-electron chi connectivity index (χ2n) is 8.78. The van der Waals surface area contributed by atoms with E-state index in [-0.39, 0.29) is 6.29 Å². The second kappa shape index (κ2) is 23.7. The van der Waals surface area contributed by atoms with Gasteiger partial charge in [0.25, 0.3) is 0 Å². The molecular weight excluding hydrogens is 446 g/mol. The van der Waals surface area contributed by atoms with E-state index in [0.29, 0.717) is 0 Å². The van der Waals surface area contributed by atoms with Crippen LogP contribution in [0.4, 0.5) is 0 Å². The maximum atomic E-state index is 11.8. The summed E-state index contributed by atoms with van der Waals surface area (Å²) in [5, 5.41) is 39.8. The van der Waals surface area contributed by atoms with E-state index in [2.05, 4.69) is 18.3 Å². The van der Waals surface area contributed by atoms with E-state index in [1.807, 2.05) is 18.2 Å². The maximum absolute atomic E-state index is 11.8. The van der Waals surface area contributed by atoms with Gasteiger partial charge in [0.05, 0.1) is 6.61 Å². The van der Waals surface area contributed by atoms with Crippen molar-refractivity contribution in [1.29, 1.82) is 0 Å². The Labute approximate surface area is 211 Å². The fourth-order valence-electron chi connectivity index (χ4n) is 3.46. The quantitative estimate of drug-likeness (QED) is 0.0678. The zero-order chi connectivity index (χ0) is 26.2. The molecule has 0 aliphatic carbocycles. The first-order valence-electron chi connectivity index (χ1n) is 13.0. The molecule has 0 aromatic heterocycles. The summed E-state index contributed by atoms with van der Waals surface area (Å²) in [7, 11) is 0. The monoisotopic (exact) mass is 493 g/mol. The minimum atomic E-state index is -1.77. The molecule has 0 spiro atoms. The van der Waals surface area contributed by atoms with Crippen LogP contribution in [0.5, 0.6) is 0 Å². The van der Waals surface area contributed by atoms with E-state index in [0.717, 1.165) is 6.42 Å². The number of unbranched alkanes of at least 4 members (excludes halogenated alkanes) is 11. The summed E-state index contributed by atoms with van der Waals surface area (Å²) >= 11 is 0. The average molecular weight is 494 g/mol. The number of carbonyl (C=O) groups is 2. The molecule has 200 valence electrons. The first kappa shape index (κ1) is 32.9. The molecule has 0 aromatic rings. The largest absolute Gasteiger partial charge is 0.394 e. The number of hydrogen-bond donors (Lipinski definition) is 5. The van der Waals surface area contributed by atoms with Crippen LogP contribution < -0.4 is 5.32 Å². The van der Waals surface area contributed by atoms with Crippen LogP contribution in [0.2, 0.25) is 0 Å². The molecular formula is C28H47NO6. The van der Waals surface area contributed by atoms with Crippen molar-refractivity contribution in [2.75, 3.05) is 6.61 Å². The summed E-state index contributed by atoms with van der Waals surface area (Å²) in [6.45, 7) is 1.46. The van der Waals surface area contributed by atoms with Crippen molar-refractivity contribution in [3.8, 4) is 0 Å². The Morgan fingerprint density at radius 2 is 1.26 bits per heavy atom. The van der Waals surface area contributed by atoms with Crippen molar-refractivity contribution < 1.29 is 30.0 Å². The minimum absolute atomic E-state index is 0.255. The highest BCUT2D eigenvalue weighted by Gasteiger charge is 2.31. The van der Waals surface area contributed by atoms with Gasteiger partial charge in [-0.2, -0.15) is 0 Å². The Morgan fingerprint density at radius 1 is 0.743 bits per heavy atom. The van der Waals surface area contributed by atoms with Crippen LogP contribution in [0.15, 0.2) is 48.6 Å². The fraction of sp³-hybridized carbons (Fsp3) is 0.643. The molecule has 0 saturated heterocycles. The molecule has 4 atom stereocenters. The smallest absolute Gasteiger partial charge is 0.244 e. The van der Waals surface area contributed by atoms with Gasteiger partial charge in [-0.15, -0.1) is 0 Å². The van der Waals surface area contributed by atoms with Gasteiger partial charge in [0.1, 0.15) is 30.6 Å². The van der Waals surface area contributed by atoms with Gasteiger partial charge in [-0.3, -0.25) is 4.79 Å². The molecule has 0 rings (SSSR count). The number of nitrogens with one attached hydrogen (secondary N) is 1. The van der Waals surface area contributed by atoms with Gasteiger partial charge < -0.3 is 30.5 Å². The van der Waals surface area contributed by atoms with E-state index < -0.39 is 36.9 Å². The molecule has 0 unspecified atom stereocenters. The molecule has 0 aliphatic heterocycles. The molecule has 0 fully saturated rings. The lowest BCUT2D eigenvalue weighted by molar-refractivity contribution is -0.128. The number of aldehydes is 1. The third-order valence-electron chi connectivity index (χ3n) is 5.67. The van der Waals surface area contributed by atoms with Crippen molar-refractivity contribution in [2.24, 2.45) is 0 Å². The highest BCUT2D eigenvalue weighted by molar-refractivity contribution is 5.89. The Morgan fingerprint density at radius 3 is 1.80 bits per heavy atom. The molecule has 35 heavy (non-hydrogen) atoms. The molecule has 0 saturated carbocycles. The zero-order valence-electron chi connectivity index (χ0n) is 21.3. The van der Waals surface area contributed by atoms with Crippen LogP contribution in [-0.2, 0) is 9.59 Å². The SMILES string of the molecule is CCCCCCCCCCCCCC=CC=CC=CC=CC(=O)N[C@@H](C=O)[C@@H](O)[C@H](O)[C@H](O)CO. The fourth-order valence-corrected chi connectivity index (χ4v) is 3.46. The molecule has 0 bridgehead atoms.